The van der Waals surface area contributed by atoms with Crippen LogP contribution in [0.3, 0.4) is 0 Å². The summed E-state index contributed by atoms with van der Waals surface area (Å²) in [5.74, 6) is 4.89. The van der Waals surface area contributed by atoms with E-state index in [1.54, 1.807) is 4.83 Å². The Balaban J connectivity index is 3.49. The largest absolute Gasteiger partial charge is 0.258 e. The van der Waals surface area contributed by atoms with Crippen LogP contribution < -0.4 is 10.7 Å². The Morgan fingerprint density at radius 2 is 2.00 bits per heavy atom. The number of hydrogen-bond donors (Lipinski definition) is 2. The van der Waals surface area contributed by atoms with Crippen molar-refractivity contribution in [3.8, 4) is 0 Å². The van der Waals surface area contributed by atoms with Crippen LogP contribution in [0.25, 0.3) is 0 Å². The summed E-state index contributed by atoms with van der Waals surface area (Å²) in [6.45, 7) is 2.02. The zero-order valence-electron chi connectivity index (χ0n) is 6.13. The first-order chi connectivity index (χ1) is 4.62. The van der Waals surface area contributed by atoms with Gasteiger partial charge < -0.3 is 0 Å². The molecule has 0 aromatic carbocycles. The lowest BCUT2D eigenvalue weighted by atomic mass is 10.3. The number of rotatable bonds is 5. The molecular weight excluding hydrogens is 152 g/mol. The third kappa shape index (κ3) is 4.72. The fourth-order valence-electron chi connectivity index (χ4n) is 0.601. The highest BCUT2D eigenvalue weighted by atomic mass is 32.2. The van der Waals surface area contributed by atoms with Crippen LogP contribution in [0.5, 0.6) is 0 Å². The van der Waals surface area contributed by atoms with Crippen molar-refractivity contribution in [1.82, 2.24) is 4.83 Å². The van der Waals surface area contributed by atoms with E-state index in [0.717, 1.165) is 12.8 Å². The first-order valence-corrected chi connectivity index (χ1v) is 4.97. The molecule has 0 amide bonds. The fourth-order valence-corrected chi connectivity index (χ4v) is 1.30. The minimum atomic E-state index is -3.16. The molecule has 5 heteroatoms. The highest BCUT2D eigenvalue weighted by Gasteiger charge is 2.04. The number of sulfonamides is 1. The lowest BCUT2D eigenvalue weighted by molar-refractivity contribution is 0.579. The van der Waals surface area contributed by atoms with Crippen LogP contribution in [-0.4, -0.2) is 14.2 Å². The molecule has 0 heterocycles. The van der Waals surface area contributed by atoms with Gasteiger partial charge in [0.25, 0.3) is 0 Å². The third-order valence-electron chi connectivity index (χ3n) is 1.20. The van der Waals surface area contributed by atoms with Gasteiger partial charge in [0.15, 0.2) is 0 Å². The first-order valence-electron chi connectivity index (χ1n) is 3.32. The van der Waals surface area contributed by atoms with Crippen molar-refractivity contribution in [3.63, 3.8) is 0 Å². The molecule has 0 radical (unpaired) electrons. The van der Waals surface area contributed by atoms with Crippen molar-refractivity contribution in [2.45, 2.75) is 26.2 Å². The van der Waals surface area contributed by atoms with Gasteiger partial charge in [-0.25, -0.2) is 8.42 Å². The minimum absolute atomic E-state index is 0.136. The van der Waals surface area contributed by atoms with Crippen molar-refractivity contribution in [1.29, 1.82) is 0 Å². The van der Waals surface area contributed by atoms with Gasteiger partial charge in [-0.2, -0.15) is 4.83 Å². The Bertz CT molecular complexity index is 164. The Morgan fingerprint density at radius 1 is 1.40 bits per heavy atom. The molecule has 0 aromatic rings. The van der Waals surface area contributed by atoms with Gasteiger partial charge in [0.2, 0.25) is 10.0 Å². The summed E-state index contributed by atoms with van der Waals surface area (Å²) in [6.07, 6.45) is 2.63. The monoisotopic (exact) mass is 166 g/mol. The average molecular weight is 166 g/mol. The molecule has 4 nitrogen and oxygen atoms in total. The van der Waals surface area contributed by atoms with E-state index in [0.29, 0.717) is 6.42 Å². The molecule has 0 aliphatic carbocycles. The van der Waals surface area contributed by atoms with E-state index in [1.807, 2.05) is 6.92 Å². The summed E-state index contributed by atoms with van der Waals surface area (Å²) in [4.78, 5) is 1.77. The number of unbranched alkanes of at least 4 members (excludes halogenated alkanes) is 2. The summed E-state index contributed by atoms with van der Waals surface area (Å²) in [7, 11) is -3.16. The average Bonchev–Trinajstić information content (AvgIpc) is 1.89. The van der Waals surface area contributed by atoms with Gasteiger partial charge in [-0.15, -0.1) is 0 Å². The van der Waals surface area contributed by atoms with Crippen molar-refractivity contribution in [2.75, 3.05) is 5.75 Å². The maximum atomic E-state index is 10.6. The fraction of sp³-hybridized carbons (Fsp3) is 1.00. The molecule has 0 saturated heterocycles. The van der Waals surface area contributed by atoms with Gasteiger partial charge >= 0.3 is 0 Å². The van der Waals surface area contributed by atoms with Crippen LogP contribution in [0.1, 0.15) is 26.2 Å². The molecule has 0 spiro atoms. The predicted octanol–water partition coefficient (Wildman–Crippen LogP) is -0.0303. The van der Waals surface area contributed by atoms with Gasteiger partial charge in [-0.3, -0.25) is 5.84 Å². The molecule has 10 heavy (non-hydrogen) atoms. The van der Waals surface area contributed by atoms with E-state index in [9.17, 15) is 8.42 Å². The molecule has 0 saturated carbocycles. The zero-order chi connectivity index (χ0) is 8.04. The Kier molecular flexibility index (Phi) is 4.59. The lowest BCUT2D eigenvalue weighted by Crippen LogP contribution is -2.32. The highest BCUT2D eigenvalue weighted by molar-refractivity contribution is 7.89. The normalized spacial score (nSPS) is 11.8. The van der Waals surface area contributed by atoms with Crippen molar-refractivity contribution in [2.24, 2.45) is 5.84 Å². The van der Waals surface area contributed by atoms with Crippen LogP contribution in [0.2, 0.25) is 0 Å². The zero-order valence-corrected chi connectivity index (χ0v) is 6.95. The Hall–Kier alpha value is -0.130. The van der Waals surface area contributed by atoms with E-state index in [4.69, 9.17) is 5.84 Å². The predicted molar refractivity (Wildman–Crippen MR) is 40.6 cm³/mol. The molecule has 0 aliphatic heterocycles. The highest BCUT2D eigenvalue weighted by Crippen LogP contribution is 1.95. The van der Waals surface area contributed by atoms with Gasteiger partial charge in [0, 0.05) is 0 Å². The van der Waals surface area contributed by atoms with Crippen molar-refractivity contribution >= 4 is 10.0 Å². The maximum absolute atomic E-state index is 10.6. The van der Waals surface area contributed by atoms with Crippen LogP contribution in [0.15, 0.2) is 0 Å². The summed E-state index contributed by atoms with van der Waals surface area (Å²) in [5, 5.41) is 0. The van der Waals surface area contributed by atoms with Crippen LogP contribution in [0, 0.1) is 0 Å². The molecule has 0 aromatic heterocycles. The van der Waals surface area contributed by atoms with Crippen LogP contribution in [0.4, 0.5) is 0 Å². The second-order valence-electron chi connectivity index (χ2n) is 2.14. The molecule has 0 unspecified atom stereocenters. The summed E-state index contributed by atoms with van der Waals surface area (Å²) in [6, 6.07) is 0. The second kappa shape index (κ2) is 4.65. The SMILES string of the molecule is CCCCCS(=O)(=O)NN. The molecule has 0 bridgehead atoms. The smallest absolute Gasteiger partial charge is 0.224 e. The molecular formula is C5H14N2O2S. The standard InChI is InChI=1S/C5H14N2O2S/c1-2-3-4-5-10(8,9)7-6/h7H,2-6H2,1H3. The maximum Gasteiger partial charge on any atom is 0.224 e. The van der Waals surface area contributed by atoms with E-state index in [2.05, 4.69) is 0 Å². The lowest BCUT2D eigenvalue weighted by Gasteiger charge is -1.99. The summed E-state index contributed by atoms with van der Waals surface area (Å²) >= 11 is 0. The van der Waals surface area contributed by atoms with Crippen LogP contribution >= 0.6 is 0 Å². The Morgan fingerprint density at radius 3 is 2.40 bits per heavy atom. The van der Waals surface area contributed by atoms with E-state index in [-0.39, 0.29) is 5.75 Å². The van der Waals surface area contributed by atoms with Crippen molar-refractivity contribution in [3.05, 3.63) is 0 Å². The van der Waals surface area contributed by atoms with Gasteiger partial charge in [0.05, 0.1) is 5.75 Å². The molecule has 0 fully saturated rings. The first kappa shape index (κ1) is 9.87. The molecule has 0 atom stereocenters. The van der Waals surface area contributed by atoms with Gasteiger partial charge in [-0.05, 0) is 6.42 Å². The quantitative estimate of drug-likeness (QED) is 0.342. The summed E-state index contributed by atoms with van der Waals surface area (Å²) < 4.78 is 21.3. The van der Waals surface area contributed by atoms with Crippen LogP contribution in [-0.2, 0) is 10.0 Å². The summed E-state index contributed by atoms with van der Waals surface area (Å²) in [5.41, 5.74) is 0. The van der Waals surface area contributed by atoms with E-state index < -0.39 is 10.0 Å². The minimum Gasteiger partial charge on any atom is -0.258 e. The van der Waals surface area contributed by atoms with E-state index >= 15 is 0 Å². The topological polar surface area (TPSA) is 72.2 Å². The number of hydrogen-bond acceptors (Lipinski definition) is 3. The Labute approximate surface area is 61.8 Å². The third-order valence-corrected chi connectivity index (χ3v) is 2.38. The van der Waals surface area contributed by atoms with E-state index in [1.165, 1.54) is 0 Å². The molecule has 0 rings (SSSR count). The van der Waals surface area contributed by atoms with Crippen molar-refractivity contribution < 1.29 is 8.42 Å². The molecule has 3 N–H and O–H groups in total. The number of hydrazine groups is 1. The molecule has 0 aliphatic rings. The van der Waals surface area contributed by atoms with Gasteiger partial charge in [-0.1, -0.05) is 19.8 Å². The number of nitrogens with one attached hydrogen (secondary N) is 1. The molecule has 62 valence electrons. The second-order valence-corrected chi connectivity index (χ2v) is 4.02. The number of nitrogens with two attached hydrogens (primary N) is 1. The van der Waals surface area contributed by atoms with Gasteiger partial charge in [0.1, 0.15) is 0 Å².